The van der Waals surface area contributed by atoms with Crippen molar-refractivity contribution in [2.75, 3.05) is 6.54 Å². The zero-order chi connectivity index (χ0) is 14.2. The number of aromatic amines is 1. The van der Waals surface area contributed by atoms with Gasteiger partial charge in [0.15, 0.2) is 0 Å². The monoisotopic (exact) mass is 295 g/mol. The van der Waals surface area contributed by atoms with Gasteiger partial charge in [-0.15, -0.1) is 0 Å². The smallest absolute Gasteiger partial charge is 0.242 e. The maximum atomic E-state index is 12.3. The molecule has 2 unspecified atom stereocenters. The lowest BCUT2D eigenvalue weighted by molar-refractivity contribution is 0.134. The Morgan fingerprint density at radius 1 is 1.45 bits per heavy atom. The fraction of sp³-hybridized carbons (Fsp3) is 0.462. The molecule has 0 aromatic carbocycles. The van der Waals surface area contributed by atoms with Gasteiger partial charge in [-0.1, -0.05) is 6.42 Å². The highest BCUT2D eigenvalue weighted by Crippen LogP contribution is 2.26. The summed E-state index contributed by atoms with van der Waals surface area (Å²) in [5.74, 6) is 0.00751. The van der Waals surface area contributed by atoms with Gasteiger partial charge < -0.3 is 10.1 Å². The molecule has 0 amide bonds. The second kappa shape index (κ2) is 5.16. The number of H-pyrrole nitrogens is 1. The molecule has 3 N–H and O–H groups in total. The number of sulfonamides is 1. The number of nitrogens with zero attached hydrogens (tertiary/aromatic N) is 1. The largest absolute Gasteiger partial charge is 0.393 e. The summed E-state index contributed by atoms with van der Waals surface area (Å²) in [5, 5.41) is 10.3. The van der Waals surface area contributed by atoms with E-state index >= 15 is 0 Å². The summed E-state index contributed by atoms with van der Waals surface area (Å²) >= 11 is 0. The highest BCUT2D eigenvalue weighted by atomic mass is 32.2. The van der Waals surface area contributed by atoms with Crippen molar-refractivity contribution in [2.24, 2.45) is 5.92 Å². The molecule has 2 heterocycles. The van der Waals surface area contributed by atoms with Crippen molar-refractivity contribution in [1.29, 1.82) is 0 Å². The molecular formula is C13H17N3O3S. The van der Waals surface area contributed by atoms with E-state index in [9.17, 15) is 13.5 Å². The number of hydrogen-bond donors (Lipinski definition) is 3. The van der Waals surface area contributed by atoms with Gasteiger partial charge in [-0.05, 0) is 30.9 Å². The first-order valence-electron chi connectivity index (χ1n) is 6.68. The van der Waals surface area contributed by atoms with Crippen LogP contribution in [0.5, 0.6) is 0 Å². The van der Waals surface area contributed by atoms with Crippen LogP contribution in [0.4, 0.5) is 0 Å². The van der Waals surface area contributed by atoms with Crippen LogP contribution in [0.1, 0.15) is 19.3 Å². The maximum Gasteiger partial charge on any atom is 0.242 e. The standard InChI is InChI=1S/C13H17N3O3S/c17-11-5-1-3-9(11)7-16-20(18,19)12-8-15-13-10(12)4-2-6-14-13/h2,4,6,8-9,11,16-17H,1,3,5,7H2,(H,14,15). The first-order valence-corrected chi connectivity index (χ1v) is 8.16. The third kappa shape index (κ3) is 2.44. The van der Waals surface area contributed by atoms with Crippen molar-refractivity contribution in [3.8, 4) is 0 Å². The van der Waals surface area contributed by atoms with Crippen molar-refractivity contribution in [1.82, 2.24) is 14.7 Å². The normalized spacial score (nSPS) is 23.4. The Bertz CT molecular complexity index is 710. The molecule has 108 valence electrons. The summed E-state index contributed by atoms with van der Waals surface area (Å²) in [7, 11) is -3.59. The highest BCUT2D eigenvalue weighted by molar-refractivity contribution is 7.89. The fourth-order valence-corrected chi connectivity index (χ4v) is 3.96. The van der Waals surface area contributed by atoms with E-state index in [1.54, 1.807) is 18.3 Å². The number of fused-ring (bicyclic) bond motifs is 1. The van der Waals surface area contributed by atoms with Crippen LogP contribution in [-0.4, -0.2) is 36.1 Å². The molecule has 3 rings (SSSR count). The minimum Gasteiger partial charge on any atom is -0.393 e. The number of pyridine rings is 1. The molecule has 7 heteroatoms. The van der Waals surface area contributed by atoms with Gasteiger partial charge in [0.25, 0.3) is 0 Å². The molecule has 0 bridgehead atoms. The van der Waals surface area contributed by atoms with E-state index in [4.69, 9.17) is 0 Å². The first-order chi connectivity index (χ1) is 9.58. The molecular weight excluding hydrogens is 278 g/mol. The van der Waals surface area contributed by atoms with Crippen molar-refractivity contribution >= 4 is 21.1 Å². The number of rotatable bonds is 4. The summed E-state index contributed by atoms with van der Waals surface area (Å²) < 4.78 is 27.3. The van der Waals surface area contributed by atoms with E-state index in [2.05, 4.69) is 14.7 Å². The first kappa shape index (κ1) is 13.5. The zero-order valence-electron chi connectivity index (χ0n) is 10.9. The number of aliphatic hydroxyl groups excluding tert-OH is 1. The minimum atomic E-state index is -3.59. The lowest BCUT2D eigenvalue weighted by Gasteiger charge is -2.14. The zero-order valence-corrected chi connectivity index (χ0v) is 11.7. The van der Waals surface area contributed by atoms with E-state index in [0.717, 1.165) is 19.3 Å². The molecule has 0 spiro atoms. The van der Waals surface area contributed by atoms with E-state index < -0.39 is 16.1 Å². The van der Waals surface area contributed by atoms with Gasteiger partial charge in [0, 0.05) is 24.3 Å². The lowest BCUT2D eigenvalue weighted by Crippen LogP contribution is -2.32. The van der Waals surface area contributed by atoms with Crippen molar-refractivity contribution in [2.45, 2.75) is 30.3 Å². The van der Waals surface area contributed by atoms with Crippen LogP contribution in [-0.2, 0) is 10.0 Å². The Kier molecular flexibility index (Phi) is 3.49. The van der Waals surface area contributed by atoms with Crippen molar-refractivity contribution in [3.63, 3.8) is 0 Å². The number of aliphatic hydroxyl groups is 1. The van der Waals surface area contributed by atoms with Gasteiger partial charge >= 0.3 is 0 Å². The van der Waals surface area contributed by atoms with Gasteiger partial charge in [0.1, 0.15) is 10.5 Å². The molecule has 6 nitrogen and oxygen atoms in total. The van der Waals surface area contributed by atoms with Gasteiger partial charge in [-0.3, -0.25) is 0 Å². The van der Waals surface area contributed by atoms with Gasteiger partial charge in [0.05, 0.1) is 6.10 Å². The Labute approximate surface area is 117 Å². The van der Waals surface area contributed by atoms with Crippen LogP contribution in [0.3, 0.4) is 0 Å². The van der Waals surface area contributed by atoms with Crippen LogP contribution in [0, 0.1) is 5.92 Å². The topological polar surface area (TPSA) is 95.1 Å². The van der Waals surface area contributed by atoms with Crippen LogP contribution < -0.4 is 4.72 Å². The SMILES string of the molecule is O=S(=O)(NCC1CCCC1O)c1c[nH]c2ncccc12. The van der Waals surface area contributed by atoms with E-state index in [0.29, 0.717) is 11.0 Å². The van der Waals surface area contributed by atoms with Crippen LogP contribution in [0.15, 0.2) is 29.4 Å². The molecule has 2 atom stereocenters. The predicted molar refractivity (Wildman–Crippen MR) is 74.6 cm³/mol. The van der Waals surface area contributed by atoms with E-state index in [-0.39, 0.29) is 17.4 Å². The minimum absolute atomic E-state index is 0.00751. The molecule has 1 fully saturated rings. The summed E-state index contributed by atoms with van der Waals surface area (Å²) in [5.41, 5.74) is 0.550. The maximum absolute atomic E-state index is 12.3. The molecule has 0 saturated heterocycles. The summed E-state index contributed by atoms with van der Waals surface area (Å²) in [4.78, 5) is 7.13. The van der Waals surface area contributed by atoms with Crippen LogP contribution in [0.25, 0.3) is 11.0 Å². The quantitative estimate of drug-likeness (QED) is 0.784. The average molecular weight is 295 g/mol. The number of nitrogens with one attached hydrogen (secondary N) is 2. The van der Waals surface area contributed by atoms with E-state index in [1.165, 1.54) is 6.20 Å². The summed E-state index contributed by atoms with van der Waals surface area (Å²) in [6.45, 7) is 0.274. The van der Waals surface area contributed by atoms with Crippen molar-refractivity contribution < 1.29 is 13.5 Å². The summed E-state index contributed by atoms with van der Waals surface area (Å²) in [6.07, 6.45) is 5.22. The third-order valence-corrected chi connectivity index (χ3v) is 5.32. The van der Waals surface area contributed by atoms with Crippen molar-refractivity contribution in [3.05, 3.63) is 24.5 Å². The van der Waals surface area contributed by atoms with Gasteiger partial charge in [-0.2, -0.15) is 0 Å². The van der Waals surface area contributed by atoms with Gasteiger partial charge in [0.2, 0.25) is 10.0 Å². The predicted octanol–water partition coefficient (Wildman–Crippen LogP) is 1.00. The number of aromatic nitrogens is 2. The van der Waals surface area contributed by atoms with Crippen LogP contribution in [0.2, 0.25) is 0 Å². The second-order valence-corrected chi connectivity index (χ2v) is 6.90. The number of hydrogen-bond acceptors (Lipinski definition) is 4. The molecule has 0 aliphatic heterocycles. The Hall–Kier alpha value is -1.44. The molecule has 1 saturated carbocycles. The Balaban J connectivity index is 1.81. The second-order valence-electron chi connectivity index (χ2n) is 5.16. The lowest BCUT2D eigenvalue weighted by atomic mass is 10.1. The third-order valence-electron chi connectivity index (χ3n) is 3.86. The van der Waals surface area contributed by atoms with E-state index in [1.807, 2.05) is 0 Å². The molecule has 20 heavy (non-hydrogen) atoms. The molecule has 1 aliphatic rings. The molecule has 2 aromatic heterocycles. The molecule has 1 aliphatic carbocycles. The van der Waals surface area contributed by atoms with Crippen LogP contribution >= 0.6 is 0 Å². The fourth-order valence-electron chi connectivity index (χ4n) is 2.70. The summed E-state index contributed by atoms with van der Waals surface area (Å²) in [6, 6.07) is 3.42. The van der Waals surface area contributed by atoms with Gasteiger partial charge in [-0.25, -0.2) is 18.1 Å². The average Bonchev–Trinajstić information content (AvgIpc) is 3.03. The molecule has 0 radical (unpaired) electrons. The highest BCUT2D eigenvalue weighted by Gasteiger charge is 2.27. The Morgan fingerprint density at radius 2 is 2.30 bits per heavy atom. The Morgan fingerprint density at radius 3 is 3.05 bits per heavy atom. The molecule has 2 aromatic rings.